The smallest absolute Gasteiger partial charge is 0.150 e. The highest BCUT2D eigenvalue weighted by Gasteiger charge is 2.34. The van der Waals surface area contributed by atoms with E-state index < -0.39 is 9.84 Å². The molecule has 25 heavy (non-hydrogen) atoms. The number of sulfone groups is 1. The van der Waals surface area contributed by atoms with Crippen molar-refractivity contribution in [1.82, 2.24) is 9.88 Å². The summed E-state index contributed by atoms with van der Waals surface area (Å²) in [5.74, 6) is 0.732. The average molecular weight is 379 g/mol. The van der Waals surface area contributed by atoms with Crippen molar-refractivity contribution in [2.75, 3.05) is 24.3 Å². The SMILES string of the molecule is CSc1ccc2[nH]cc(C[C@H]3CCCN3C3CCS(=O)(=O)CC3)c2c1. The lowest BCUT2D eigenvalue weighted by molar-refractivity contribution is 0.167. The van der Waals surface area contributed by atoms with Crippen molar-refractivity contribution in [2.24, 2.45) is 0 Å². The van der Waals surface area contributed by atoms with E-state index in [1.807, 2.05) is 0 Å². The van der Waals surface area contributed by atoms with Crippen molar-refractivity contribution >= 4 is 32.5 Å². The third-order valence-electron chi connectivity index (χ3n) is 5.85. The number of likely N-dealkylation sites (tertiary alicyclic amines) is 1. The summed E-state index contributed by atoms with van der Waals surface area (Å²) >= 11 is 1.78. The standard InChI is InChI=1S/C19H26N2O2S2/c1-24-17-4-5-19-18(12-17)14(13-20-19)11-16-3-2-8-21(16)15-6-9-25(22,23)10-7-15/h4-5,12-13,15-16,20H,2-3,6-11H2,1H3/t16-/m1/s1. The molecule has 2 aliphatic rings. The van der Waals surface area contributed by atoms with E-state index in [1.165, 1.54) is 34.2 Å². The summed E-state index contributed by atoms with van der Waals surface area (Å²) in [4.78, 5) is 7.31. The van der Waals surface area contributed by atoms with E-state index >= 15 is 0 Å². The Morgan fingerprint density at radius 2 is 2.04 bits per heavy atom. The van der Waals surface area contributed by atoms with Gasteiger partial charge in [0, 0.05) is 34.1 Å². The van der Waals surface area contributed by atoms with Crippen LogP contribution in [-0.2, 0) is 16.3 Å². The predicted octanol–water partition coefficient (Wildman–Crippen LogP) is 3.47. The number of H-pyrrole nitrogens is 1. The van der Waals surface area contributed by atoms with Crippen LogP contribution in [0, 0.1) is 0 Å². The van der Waals surface area contributed by atoms with Gasteiger partial charge in [0.1, 0.15) is 9.84 Å². The molecule has 0 aliphatic carbocycles. The summed E-state index contributed by atoms with van der Waals surface area (Å²) in [7, 11) is -2.78. The number of thioether (sulfide) groups is 1. The third-order valence-corrected chi connectivity index (χ3v) is 8.29. The molecule has 1 aromatic carbocycles. The van der Waals surface area contributed by atoms with Crippen LogP contribution in [0.1, 0.15) is 31.2 Å². The molecule has 4 rings (SSSR count). The first kappa shape index (κ1) is 17.4. The van der Waals surface area contributed by atoms with Gasteiger partial charge in [-0.1, -0.05) is 0 Å². The zero-order valence-electron chi connectivity index (χ0n) is 14.7. The maximum Gasteiger partial charge on any atom is 0.150 e. The number of fused-ring (bicyclic) bond motifs is 1. The normalized spacial score (nSPS) is 24.9. The Kier molecular flexibility index (Phi) is 4.86. The van der Waals surface area contributed by atoms with Crippen LogP contribution in [-0.4, -0.2) is 54.7 Å². The molecule has 6 heteroatoms. The lowest BCUT2D eigenvalue weighted by Gasteiger charge is -2.35. The van der Waals surface area contributed by atoms with Crippen molar-refractivity contribution < 1.29 is 8.42 Å². The van der Waals surface area contributed by atoms with Crippen molar-refractivity contribution in [3.05, 3.63) is 30.0 Å². The maximum atomic E-state index is 11.7. The second kappa shape index (κ2) is 6.97. The van der Waals surface area contributed by atoms with Gasteiger partial charge in [-0.15, -0.1) is 11.8 Å². The lowest BCUT2D eigenvalue weighted by atomic mass is 10.0. The van der Waals surface area contributed by atoms with Crippen LogP contribution in [0.2, 0.25) is 0 Å². The highest BCUT2D eigenvalue weighted by atomic mass is 32.2. The number of hydrogen-bond donors (Lipinski definition) is 1. The number of aromatic amines is 1. The Morgan fingerprint density at radius 1 is 1.24 bits per heavy atom. The van der Waals surface area contributed by atoms with Crippen LogP contribution < -0.4 is 0 Å². The molecule has 0 saturated carbocycles. The zero-order chi connectivity index (χ0) is 17.4. The van der Waals surface area contributed by atoms with Gasteiger partial charge in [0.15, 0.2) is 0 Å². The molecule has 1 atom stereocenters. The molecular formula is C19H26N2O2S2. The molecule has 0 unspecified atom stereocenters. The fraction of sp³-hybridized carbons (Fsp3) is 0.579. The largest absolute Gasteiger partial charge is 0.361 e. The second-order valence-electron chi connectivity index (χ2n) is 7.35. The Labute approximate surface area is 154 Å². The van der Waals surface area contributed by atoms with Crippen molar-refractivity contribution in [1.29, 1.82) is 0 Å². The van der Waals surface area contributed by atoms with Crippen LogP contribution in [0.4, 0.5) is 0 Å². The molecule has 0 bridgehead atoms. The Balaban J connectivity index is 1.52. The Hall–Kier alpha value is -0.980. The van der Waals surface area contributed by atoms with Gasteiger partial charge in [0.2, 0.25) is 0 Å². The molecule has 4 nitrogen and oxygen atoms in total. The fourth-order valence-electron chi connectivity index (χ4n) is 4.47. The minimum Gasteiger partial charge on any atom is -0.361 e. The van der Waals surface area contributed by atoms with Crippen LogP contribution in [0.5, 0.6) is 0 Å². The summed E-state index contributed by atoms with van der Waals surface area (Å²) in [6.07, 6.45) is 9.40. The molecule has 0 amide bonds. The van der Waals surface area contributed by atoms with E-state index in [0.717, 1.165) is 25.8 Å². The van der Waals surface area contributed by atoms with Gasteiger partial charge in [-0.05, 0) is 68.7 Å². The minimum absolute atomic E-state index is 0.366. The molecule has 2 aliphatic heterocycles. The Morgan fingerprint density at radius 3 is 2.80 bits per heavy atom. The number of nitrogens with zero attached hydrogens (tertiary/aromatic N) is 1. The third kappa shape index (κ3) is 3.62. The topological polar surface area (TPSA) is 53.2 Å². The van der Waals surface area contributed by atoms with E-state index in [0.29, 0.717) is 23.6 Å². The fourth-order valence-corrected chi connectivity index (χ4v) is 6.38. The molecule has 2 aromatic rings. The van der Waals surface area contributed by atoms with Crippen LogP contribution in [0.25, 0.3) is 10.9 Å². The van der Waals surface area contributed by atoms with Crippen molar-refractivity contribution in [3.8, 4) is 0 Å². The molecule has 0 spiro atoms. The molecule has 0 radical (unpaired) electrons. The van der Waals surface area contributed by atoms with Crippen LogP contribution >= 0.6 is 11.8 Å². The van der Waals surface area contributed by atoms with Gasteiger partial charge in [-0.2, -0.15) is 0 Å². The molecule has 1 N–H and O–H groups in total. The maximum absolute atomic E-state index is 11.7. The van der Waals surface area contributed by atoms with Crippen LogP contribution in [0.15, 0.2) is 29.3 Å². The van der Waals surface area contributed by atoms with Crippen molar-refractivity contribution in [2.45, 2.75) is 49.1 Å². The number of benzene rings is 1. The molecule has 1 aromatic heterocycles. The summed E-state index contributed by atoms with van der Waals surface area (Å²) in [5.41, 5.74) is 2.60. The van der Waals surface area contributed by atoms with Crippen molar-refractivity contribution in [3.63, 3.8) is 0 Å². The number of aromatic nitrogens is 1. The summed E-state index contributed by atoms with van der Waals surface area (Å²) in [5, 5.41) is 1.34. The lowest BCUT2D eigenvalue weighted by Crippen LogP contribution is -2.44. The van der Waals surface area contributed by atoms with Gasteiger partial charge in [-0.25, -0.2) is 8.42 Å². The van der Waals surface area contributed by atoms with Crippen LogP contribution in [0.3, 0.4) is 0 Å². The average Bonchev–Trinajstić information content (AvgIpc) is 3.22. The molecule has 3 heterocycles. The molecule has 2 saturated heterocycles. The van der Waals surface area contributed by atoms with Gasteiger partial charge in [-0.3, -0.25) is 4.90 Å². The van der Waals surface area contributed by atoms with E-state index in [9.17, 15) is 8.42 Å². The zero-order valence-corrected chi connectivity index (χ0v) is 16.3. The summed E-state index contributed by atoms with van der Waals surface area (Å²) in [6, 6.07) is 7.62. The first-order valence-electron chi connectivity index (χ1n) is 9.16. The molecular weight excluding hydrogens is 352 g/mol. The van der Waals surface area contributed by atoms with E-state index in [4.69, 9.17) is 0 Å². The minimum atomic E-state index is -2.78. The molecule has 136 valence electrons. The number of nitrogens with one attached hydrogen (secondary N) is 1. The highest BCUT2D eigenvalue weighted by Crippen LogP contribution is 2.31. The first-order valence-corrected chi connectivity index (χ1v) is 12.2. The first-order chi connectivity index (χ1) is 12.1. The monoisotopic (exact) mass is 378 g/mol. The van der Waals surface area contributed by atoms with E-state index in [1.54, 1.807) is 11.8 Å². The van der Waals surface area contributed by atoms with Gasteiger partial charge >= 0.3 is 0 Å². The van der Waals surface area contributed by atoms with E-state index in [2.05, 4.69) is 40.5 Å². The second-order valence-corrected chi connectivity index (χ2v) is 10.5. The number of hydrogen-bond acceptors (Lipinski definition) is 4. The summed E-state index contributed by atoms with van der Waals surface area (Å²) in [6.45, 7) is 1.12. The van der Waals surface area contributed by atoms with Gasteiger partial charge in [0.05, 0.1) is 11.5 Å². The van der Waals surface area contributed by atoms with Gasteiger partial charge < -0.3 is 4.98 Å². The Bertz CT molecular complexity index is 845. The molecule has 2 fully saturated rings. The summed E-state index contributed by atoms with van der Waals surface area (Å²) < 4.78 is 23.5. The highest BCUT2D eigenvalue weighted by molar-refractivity contribution is 7.98. The van der Waals surface area contributed by atoms with Gasteiger partial charge in [0.25, 0.3) is 0 Å². The number of rotatable bonds is 4. The predicted molar refractivity (Wildman–Crippen MR) is 105 cm³/mol. The quantitative estimate of drug-likeness (QED) is 0.828. The van der Waals surface area contributed by atoms with E-state index in [-0.39, 0.29) is 0 Å².